The van der Waals surface area contributed by atoms with Crippen molar-refractivity contribution in [3.8, 4) is 0 Å². The van der Waals surface area contributed by atoms with Crippen LogP contribution in [0.3, 0.4) is 0 Å². The number of rotatable bonds is 7. The Labute approximate surface area is 138 Å². The fourth-order valence-corrected chi connectivity index (χ4v) is 2.77. The molecule has 1 aliphatic carbocycles. The summed E-state index contributed by atoms with van der Waals surface area (Å²) in [5.41, 5.74) is 1.26. The van der Waals surface area contributed by atoms with Gasteiger partial charge in [-0.25, -0.2) is 4.79 Å². The number of amides is 2. The van der Waals surface area contributed by atoms with Crippen LogP contribution in [-0.4, -0.2) is 55.4 Å². The van der Waals surface area contributed by atoms with Crippen LogP contribution in [0.15, 0.2) is 42.5 Å². The SMILES string of the molecule is CN(C)C(CNC(=O)N[C@@H]1C=C[C@H](CO)C1)Cc1ccccc1. The Morgan fingerprint density at radius 3 is 2.65 bits per heavy atom. The van der Waals surface area contributed by atoms with Gasteiger partial charge in [-0.3, -0.25) is 0 Å². The van der Waals surface area contributed by atoms with Crippen LogP contribution in [-0.2, 0) is 6.42 Å². The quantitative estimate of drug-likeness (QED) is 0.666. The highest BCUT2D eigenvalue weighted by Crippen LogP contribution is 2.16. The van der Waals surface area contributed by atoms with Gasteiger partial charge in [0, 0.05) is 31.2 Å². The second-order valence-corrected chi connectivity index (χ2v) is 6.33. The molecule has 2 amide bonds. The van der Waals surface area contributed by atoms with Crippen molar-refractivity contribution in [3.05, 3.63) is 48.0 Å². The van der Waals surface area contributed by atoms with Crippen molar-refractivity contribution >= 4 is 6.03 Å². The van der Waals surface area contributed by atoms with Gasteiger partial charge in [-0.2, -0.15) is 0 Å². The monoisotopic (exact) mass is 317 g/mol. The summed E-state index contributed by atoms with van der Waals surface area (Å²) in [5, 5.41) is 15.0. The van der Waals surface area contributed by atoms with E-state index in [-0.39, 0.29) is 30.6 Å². The maximum absolute atomic E-state index is 12.0. The molecule has 2 rings (SSSR count). The first-order valence-corrected chi connectivity index (χ1v) is 8.12. The Morgan fingerprint density at radius 1 is 1.30 bits per heavy atom. The van der Waals surface area contributed by atoms with Gasteiger partial charge >= 0.3 is 6.03 Å². The molecule has 0 saturated heterocycles. The molecule has 1 aromatic carbocycles. The van der Waals surface area contributed by atoms with E-state index in [1.807, 2.05) is 44.4 Å². The number of aliphatic hydroxyl groups excluding tert-OH is 1. The second-order valence-electron chi connectivity index (χ2n) is 6.33. The molecule has 5 nitrogen and oxygen atoms in total. The zero-order valence-corrected chi connectivity index (χ0v) is 13.9. The van der Waals surface area contributed by atoms with Gasteiger partial charge in [0.15, 0.2) is 0 Å². The summed E-state index contributed by atoms with van der Waals surface area (Å²) in [6, 6.07) is 10.4. The highest BCUT2D eigenvalue weighted by atomic mass is 16.3. The van der Waals surface area contributed by atoms with Crippen LogP contribution in [0.5, 0.6) is 0 Å². The molecular formula is C18H27N3O2. The number of carbonyl (C=O) groups excluding carboxylic acids is 1. The van der Waals surface area contributed by atoms with E-state index in [4.69, 9.17) is 5.11 Å². The predicted octanol–water partition coefficient (Wildman–Crippen LogP) is 1.40. The molecule has 0 bridgehead atoms. The van der Waals surface area contributed by atoms with Crippen molar-refractivity contribution in [1.29, 1.82) is 0 Å². The zero-order chi connectivity index (χ0) is 16.7. The Balaban J connectivity index is 1.77. The number of urea groups is 1. The summed E-state index contributed by atoms with van der Waals surface area (Å²) in [7, 11) is 4.05. The molecule has 0 saturated carbocycles. The maximum atomic E-state index is 12.0. The molecule has 1 aromatic rings. The molecule has 1 aliphatic rings. The van der Waals surface area contributed by atoms with Crippen LogP contribution >= 0.6 is 0 Å². The Hall–Kier alpha value is -1.85. The molecule has 0 aromatic heterocycles. The molecule has 1 unspecified atom stereocenters. The minimum atomic E-state index is -0.154. The van der Waals surface area contributed by atoms with Gasteiger partial charge in [0.2, 0.25) is 0 Å². The van der Waals surface area contributed by atoms with Crippen molar-refractivity contribution in [3.63, 3.8) is 0 Å². The molecule has 126 valence electrons. The summed E-state index contributed by atoms with van der Waals surface area (Å²) in [5.74, 6) is 0.160. The van der Waals surface area contributed by atoms with Crippen molar-refractivity contribution < 1.29 is 9.90 Å². The Morgan fingerprint density at radius 2 is 2.04 bits per heavy atom. The van der Waals surface area contributed by atoms with Gasteiger partial charge in [0.25, 0.3) is 0 Å². The summed E-state index contributed by atoms with van der Waals surface area (Å²) < 4.78 is 0. The van der Waals surface area contributed by atoms with Crippen LogP contribution in [0.2, 0.25) is 0 Å². The van der Waals surface area contributed by atoms with Crippen LogP contribution in [0.1, 0.15) is 12.0 Å². The van der Waals surface area contributed by atoms with E-state index < -0.39 is 0 Å². The van der Waals surface area contributed by atoms with E-state index in [0.29, 0.717) is 6.54 Å². The summed E-state index contributed by atoms with van der Waals surface area (Å²) in [4.78, 5) is 14.2. The fourth-order valence-electron chi connectivity index (χ4n) is 2.77. The van der Waals surface area contributed by atoms with E-state index in [2.05, 4.69) is 27.7 Å². The Kier molecular flexibility index (Phi) is 6.62. The van der Waals surface area contributed by atoms with Crippen molar-refractivity contribution in [2.75, 3.05) is 27.2 Å². The molecule has 5 heteroatoms. The van der Waals surface area contributed by atoms with E-state index in [1.54, 1.807) is 0 Å². The lowest BCUT2D eigenvalue weighted by Crippen LogP contribution is -2.47. The van der Waals surface area contributed by atoms with Gasteiger partial charge in [-0.15, -0.1) is 0 Å². The first kappa shape index (κ1) is 17.5. The molecule has 23 heavy (non-hydrogen) atoms. The molecular weight excluding hydrogens is 290 g/mol. The van der Waals surface area contributed by atoms with E-state index >= 15 is 0 Å². The van der Waals surface area contributed by atoms with Gasteiger partial charge in [-0.1, -0.05) is 42.5 Å². The number of benzene rings is 1. The lowest BCUT2D eigenvalue weighted by molar-refractivity contribution is 0.225. The summed E-state index contributed by atoms with van der Waals surface area (Å²) >= 11 is 0. The van der Waals surface area contributed by atoms with Crippen LogP contribution in [0.25, 0.3) is 0 Å². The molecule has 0 heterocycles. The molecule has 0 spiro atoms. The molecule has 0 radical (unpaired) electrons. The smallest absolute Gasteiger partial charge is 0.315 e. The number of hydrogen-bond acceptors (Lipinski definition) is 3. The van der Waals surface area contributed by atoms with Crippen LogP contribution < -0.4 is 10.6 Å². The normalized spacial score (nSPS) is 21.4. The first-order valence-electron chi connectivity index (χ1n) is 8.12. The molecule has 0 aliphatic heterocycles. The Bertz CT molecular complexity index is 516. The standard InChI is InChI=1S/C18H27N3O2/c1-21(2)17(11-14-6-4-3-5-7-14)12-19-18(23)20-16-9-8-15(10-16)13-22/h3-9,15-17,22H,10-13H2,1-2H3,(H2,19,20,23)/t15-,16+,17?/m0/s1. The molecule has 3 atom stereocenters. The third-order valence-electron chi connectivity index (χ3n) is 4.27. The van der Waals surface area contributed by atoms with Gasteiger partial charge in [0.1, 0.15) is 0 Å². The number of nitrogens with zero attached hydrogens (tertiary/aromatic N) is 1. The number of nitrogens with one attached hydrogen (secondary N) is 2. The number of hydrogen-bond donors (Lipinski definition) is 3. The third kappa shape index (κ3) is 5.69. The van der Waals surface area contributed by atoms with Gasteiger partial charge in [-0.05, 0) is 32.5 Å². The minimum absolute atomic E-state index is 0.0130. The number of likely N-dealkylation sites (N-methyl/N-ethyl adjacent to an activating group) is 1. The summed E-state index contributed by atoms with van der Waals surface area (Å²) in [6.45, 7) is 0.726. The average molecular weight is 317 g/mol. The van der Waals surface area contributed by atoms with Crippen molar-refractivity contribution in [2.45, 2.75) is 24.9 Å². The summed E-state index contributed by atoms with van der Waals surface area (Å²) in [6.07, 6.45) is 5.58. The predicted molar refractivity (Wildman–Crippen MR) is 92.3 cm³/mol. The zero-order valence-electron chi connectivity index (χ0n) is 13.9. The van der Waals surface area contributed by atoms with Gasteiger partial charge in [0.05, 0.1) is 0 Å². The first-order chi connectivity index (χ1) is 11.1. The third-order valence-corrected chi connectivity index (χ3v) is 4.27. The highest BCUT2D eigenvalue weighted by Gasteiger charge is 2.20. The van der Waals surface area contributed by atoms with E-state index in [9.17, 15) is 4.79 Å². The van der Waals surface area contributed by atoms with Crippen LogP contribution in [0, 0.1) is 5.92 Å². The topological polar surface area (TPSA) is 64.6 Å². The highest BCUT2D eigenvalue weighted by molar-refractivity contribution is 5.74. The minimum Gasteiger partial charge on any atom is -0.396 e. The number of aliphatic hydroxyl groups is 1. The lowest BCUT2D eigenvalue weighted by atomic mass is 10.1. The molecule has 3 N–H and O–H groups in total. The van der Waals surface area contributed by atoms with E-state index in [1.165, 1.54) is 5.56 Å². The van der Waals surface area contributed by atoms with Gasteiger partial charge < -0.3 is 20.6 Å². The fraction of sp³-hybridized carbons (Fsp3) is 0.500. The second kappa shape index (κ2) is 8.70. The lowest BCUT2D eigenvalue weighted by Gasteiger charge is -2.25. The van der Waals surface area contributed by atoms with Crippen LogP contribution in [0.4, 0.5) is 4.79 Å². The van der Waals surface area contributed by atoms with Crippen molar-refractivity contribution in [2.24, 2.45) is 5.92 Å². The van der Waals surface area contributed by atoms with E-state index in [0.717, 1.165) is 12.8 Å². The van der Waals surface area contributed by atoms with Crippen molar-refractivity contribution in [1.82, 2.24) is 15.5 Å². The molecule has 0 fully saturated rings. The average Bonchev–Trinajstić information content (AvgIpc) is 2.99. The maximum Gasteiger partial charge on any atom is 0.315 e. The number of carbonyl (C=O) groups is 1. The largest absolute Gasteiger partial charge is 0.396 e.